The summed E-state index contributed by atoms with van der Waals surface area (Å²) >= 11 is 1.12. The van der Waals surface area contributed by atoms with Crippen LogP contribution in [0.1, 0.15) is 25.0 Å². The van der Waals surface area contributed by atoms with Gasteiger partial charge < -0.3 is 14.6 Å². The maximum Gasteiger partial charge on any atom is 0.316 e. The minimum absolute atomic E-state index is 0.0208. The standard InChI is InChI=1S/C13H16N2O5S/c1-8-5-11(15-20-8)14-12(17)6-21-7-13(18)19-10-4-2-3-9(10)16/h5,10H,2-4,6-7H2,1H3,(H,14,15,17)/t10-/m1/s1. The van der Waals surface area contributed by atoms with Crippen LogP contribution in [0.3, 0.4) is 0 Å². The minimum Gasteiger partial charge on any atom is -0.454 e. The van der Waals surface area contributed by atoms with Gasteiger partial charge in [-0.05, 0) is 19.8 Å². The van der Waals surface area contributed by atoms with Gasteiger partial charge in [-0.15, -0.1) is 11.8 Å². The van der Waals surface area contributed by atoms with Crippen LogP contribution in [0.15, 0.2) is 10.6 Å². The van der Waals surface area contributed by atoms with Crippen molar-refractivity contribution in [3.63, 3.8) is 0 Å². The second-order valence-electron chi connectivity index (χ2n) is 4.70. The summed E-state index contributed by atoms with van der Waals surface area (Å²) in [5.41, 5.74) is 0. The number of hydrogen-bond acceptors (Lipinski definition) is 7. The Morgan fingerprint density at radius 2 is 2.33 bits per heavy atom. The summed E-state index contributed by atoms with van der Waals surface area (Å²) in [7, 11) is 0. The molecule has 8 heteroatoms. The van der Waals surface area contributed by atoms with E-state index in [1.165, 1.54) is 0 Å². The molecule has 1 amide bonds. The average Bonchev–Trinajstić information content (AvgIpc) is 2.99. The molecular formula is C13H16N2O5S. The first-order valence-electron chi connectivity index (χ1n) is 6.57. The monoisotopic (exact) mass is 312 g/mol. The summed E-state index contributed by atoms with van der Waals surface area (Å²) in [6.45, 7) is 1.72. The molecule has 1 aliphatic carbocycles. The molecule has 21 heavy (non-hydrogen) atoms. The number of ether oxygens (including phenoxy) is 1. The van der Waals surface area contributed by atoms with Crippen LogP contribution in [0.4, 0.5) is 5.82 Å². The minimum atomic E-state index is -0.593. The second kappa shape index (κ2) is 7.26. The van der Waals surface area contributed by atoms with Gasteiger partial charge in [0.15, 0.2) is 17.7 Å². The van der Waals surface area contributed by atoms with Crippen molar-refractivity contribution < 1.29 is 23.6 Å². The van der Waals surface area contributed by atoms with Crippen LogP contribution in [0.5, 0.6) is 0 Å². The van der Waals surface area contributed by atoms with Crippen molar-refractivity contribution in [3.8, 4) is 0 Å². The van der Waals surface area contributed by atoms with Gasteiger partial charge in [0.2, 0.25) is 5.91 Å². The number of amides is 1. The van der Waals surface area contributed by atoms with Crippen molar-refractivity contribution in [2.24, 2.45) is 0 Å². The van der Waals surface area contributed by atoms with Gasteiger partial charge in [-0.1, -0.05) is 5.16 Å². The van der Waals surface area contributed by atoms with Crippen molar-refractivity contribution in [1.82, 2.24) is 5.16 Å². The normalized spacial score (nSPS) is 17.8. The van der Waals surface area contributed by atoms with Gasteiger partial charge in [0.25, 0.3) is 0 Å². The molecule has 1 heterocycles. The Morgan fingerprint density at radius 1 is 1.52 bits per heavy atom. The van der Waals surface area contributed by atoms with Gasteiger partial charge in [-0.3, -0.25) is 14.4 Å². The second-order valence-corrected chi connectivity index (χ2v) is 5.69. The Hall–Kier alpha value is -1.83. The highest BCUT2D eigenvalue weighted by atomic mass is 32.2. The van der Waals surface area contributed by atoms with Crippen LogP contribution < -0.4 is 5.32 Å². The molecule has 1 aromatic heterocycles. The number of Topliss-reactive ketones (excluding diaryl/α,β-unsaturated/α-hetero) is 1. The molecule has 1 atom stereocenters. The molecule has 0 unspecified atom stereocenters. The highest BCUT2D eigenvalue weighted by Gasteiger charge is 2.27. The largest absolute Gasteiger partial charge is 0.454 e. The summed E-state index contributed by atoms with van der Waals surface area (Å²) < 4.78 is 9.87. The van der Waals surface area contributed by atoms with Crippen LogP contribution in [0.25, 0.3) is 0 Å². The number of carbonyl (C=O) groups excluding carboxylic acids is 3. The van der Waals surface area contributed by atoms with Crippen molar-refractivity contribution >= 4 is 35.2 Å². The average molecular weight is 312 g/mol. The fourth-order valence-electron chi connectivity index (χ4n) is 1.93. The van der Waals surface area contributed by atoms with Crippen molar-refractivity contribution in [3.05, 3.63) is 11.8 Å². The number of nitrogens with zero attached hydrogens (tertiary/aromatic N) is 1. The number of anilines is 1. The summed E-state index contributed by atoms with van der Waals surface area (Å²) in [5, 5.41) is 6.18. The van der Waals surface area contributed by atoms with Crippen LogP contribution in [-0.2, 0) is 19.1 Å². The zero-order valence-corrected chi connectivity index (χ0v) is 12.4. The van der Waals surface area contributed by atoms with Crippen LogP contribution in [0, 0.1) is 6.92 Å². The first kappa shape index (κ1) is 15.6. The van der Waals surface area contributed by atoms with Gasteiger partial charge in [0, 0.05) is 12.5 Å². The van der Waals surface area contributed by atoms with Crippen molar-refractivity contribution in [1.29, 1.82) is 0 Å². The quantitative estimate of drug-likeness (QED) is 0.791. The van der Waals surface area contributed by atoms with E-state index < -0.39 is 12.1 Å². The van der Waals surface area contributed by atoms with E-state index in [0.29, 0.717) is 24.4 Å². The smallest absolute Gasteiger partial charge is 0.316 e. The van der Waals surface area contributed by atoms with E-state index in [2.05, 4.69) is 10.5 Å². The molecule has 1 N–H and O–H groups in total. The van der Waals surface area contributed by atoms with E-state index in [1.807, 2.05) is 0 Å². The summed E-state index contributed by atoms with van der Waals surface area (Å²) in [4.78, 5) is 34.4. The number of thioether (sulfide) groups is 1. The molecule has 0 aromatic carbocycles. The lowest BCUT2D eigenvalue weighted by Gasteiger charge is -2.09. The third kappa shape index (κ3) is 4.89. The van der Waals surface area contributed by atoms with Crippen LogP contribution >= 0.6 is 11.8 Å². The van der Waals surface area contributed by atoms with E-state index in [9.17, 15) is 14.4 Å². The van der Waals surface area contributed by atoms with Crippen molar-refractivity contribution in [2.75, 3.05) is 16.8 Å². The molecule has 0 aliphatic heterocycles. The van der Waals surface area contributed by atoms with Gasteiger partial charge >= 0.3 is 5.97 Å². The first-order chi connectivity index (χ1) is 10.0. The fraction of sp³-hybridized carbons (Fsp3) is 0.538. The molecule has 1 fully saturated rings. The lowest BCUT2D eigenvalue weighted by Crippen LogP contribution is -2.23. The topological polar surface area (TPSA) is 98.5 Å². The Balaban J connectivity index is 1.63. The number of carbonyl (C=O) groups is 3. The molecule has 0 saturated heterocycles. The third-order valence-corrected chi connectivity index (χ3v) is 3.78. The molecule has 0 bridgehead atoms. The van der Waals surface area contributed by atoms with Gasteiger partial charge in [-0.2, -0.15) is 0 Å². The Bertz CT molecular complexity index is 542. The van der Waals surface area contributed by atoms with Crippen LogP contribution in [0.2, 0.25) is 0 Å². The number of aromatic nitrogens is 1. The number of esters is 1. The lowest BCUT2D eigenvalue weighted by molar-refractivity contribution is -0.150. The third-order valence-electron chi connectivity index (χ3n) is 2.87. The van der Waals surface area contributed by atoms with Gasteiger partial charge in [0.05, 0.1) is 11.5 Å². The first-order valence-corrected chi connectivity index (χ1v) is 7.73. The van der Waals surface area contributed by atoms with E-state index in [1.54, 1.807) is 13.0 Å². The zero-order chi connectivity index (χ0) is 15.2. The Kier molecular flexibility index (Phi) is 5.38. The summed E-state index contributed by atoms with van der Waals surface area (Å²) in [5.74, 6) is 0.310. The van der Waals surface area contributed by atoms with Crippen LogP contribution in [-0.4, -0.2) is 40.4 Å². The molecule has 0 spiro atoms. The highest BCUT2D eigenvalue weighted by Crippen LogP contribution is 2.18. The zero-order valence-electron chi connectivity index (χ0n) is 11.6. The lowest BCUT2D eigenvalue weighted by atomic mass is 10.3. The van der Waals surface area contributed by atoms with E-state index in [4.69, 9.17) is 9.26 Å². The molecular weight excluding hydrogens is 296 g/mol. The predicted molar refractivity (Wildman–Crippen MR) is 75.9 cm³/mol. The number of rotatable bonds is 6. The van der Waals surface area contributed by atoms with E-state index >= 15 is 0 Å². The molecule has 7 nitrogen and oxygen atoms in total. The highest BCUT2D eigenvalue weighted by molar-refractivity contribution is 8.00. The molecule has 114 valence electrons. The Labute approximate surface area is 125 Å². The summed E-state index contributed by atoms with van der Waals surface area (Å²) in [6.07, 6.45) is 1.25. The van der Waals surface area contributed by atoms with E-state index in [-0.39, 0.29) is 23.2 Å². The van der Waals surface area contributed by atoms with Crippen molar-refractivity contribution in [2.45, 2.75) is 32.3 Å². The van der Waals surface area contributed by atoms with E-state index in [0.717, 1.165) is 18.2 Å². The predicted octanol–water partition coefficient (Wildman–Crippen LogP) is 1.32. The number of ketones is 1. The SMILES string of the molecule is Cc1cc(NC(=O)CSCC(=O)O[C@@H]2CCCC2=O)no1. The molecule has 1 saturated carbocycles. The molecule has 2 rings (SSSR count). The maximum atomic E-state index is 11.6. The van der Waals surface area contributed by atoms with Gasteiger partial charge in [-0.25, -0.2) is 0 Å². The molecule has 1 aromatic rings. The molecule has 1 aliphatic rings. The number of aryl methyl sites for hydroxylation is 1. The number of nitrogens with one attached hydrogen (secondary N) is 1. The summed E-state index contributed by atoms with van der Waals surface area (Å²) in [6, 6.07) is 1.60. The number of hydrogen-bond donors (Lipinski definition) is 1. The molecule has 0 radical (unpaired) electrons. The maximum absolute atomic E-state index is 11.6. The Morgan fingerprint density at radius 3 is 2.95 bits per heavy atom. The van der Waals surface area contributed by atoms with Gasteiger partial charge in [0.1, 0.15) is 5.76 Å². The fourth-order valence-corrected chi connectivity index (χ4v) is 2.53.